The summed E-state index contributed by atoms with van der Waals surface area (Å²) in [6, 6.07) is 16.9. The van der Waals surface area contributed by atoms with E-state index in [0.717, 1.165) is 49.2 Å². The molecule has 32 heavy (non-hydrogen) atoms. The molecular formula is C24H25F3N4O. The van der Waals surface area contributed by atoms with Gasteiger partial charge in [0.15, 0.2) is 0 Å². The number of alkyl halides is 3. The number of anilines is 1. The molecule has 1 amide bonds. The summed E-state index contributed by atoms with van der Waals surface area (Å²) in [6.07, 6.45) is -0.618. The number of likely N-dealkylation sites (tertiary alicyclic amines) is 1. The van der Waals surface area contributed by atoms with Crippen molar-refractivity contribution in [1.29, 1.82) is 0 Å². The van der Waals surface area contributed by atoms with Crippen molar-refractivity contribution < 1.29 is 18.0 Å². The summed E-state index contributed by atoms with van der Waals surface area (Å²) in [5.74, 6) is 0.602. The Hall–Kier alpha value is -3.13. The van der Waals surface area contributed by atoms with Gasteiger partial charge in [0.05, 0.1) is 24.2 Å². The van der Waals surface area contributed by atoms with E-state index in [0.29, 0.717) is 18.8 Å². The minimum atomic E-state index is -4.31. The molecule has 1 aromatic heterocycles. The van der Waals surface area contributed by atoms with Crippen molar-refractivity contribution in [2.24, 2.45) is 0 Å². The molecule has 168 valence electrons. The Labute approximate surface area is 184 Å². The maximum Gasteiger partial charge on any atom is 0.416 e. The Balaban J connectivity index is 1.30. The Kier molecular flexibility index (Phi) is 6.60. The smallest absolute Gasteiger partial charge is 0.311 e. The average Bonchev–Trinajstić information content (AvgIpc) is 3.22. The normalized spacial score (nSPS) is 15.6. The molecule has 0 atom stereocenters. The van der Waals surface area contributed by atoms with Crippen LogP contribution in [0.4, 0.5) is 19.0 Å². The topological polar surface area (TPSA) is 50.2 Å². The molecular weight excluding hydrogens is 417 g/mol. The first kappa shape index (κ1) is 22.1. The van der Waals surface area contributed by atoms with E-state index in [4.69, 9.17) is 0 Å². The standard InChI is InChI=1S/C24H25F3N4O/c25-24(26,27)20-8-6-19(7-9-20)17-30-14-11-21(12-15-30)31-22(10-13-28-31)29-23(32)16-18-4-2-1-3-5-18/h1-10,13,21H,11-12,14-17H2,(H,29,32). The van der Waals surface area contributed by atoms with Crippen molar-refractivity contribution in [3.8, 4) is 0 Å². The minimum absolute atomic E-state index is 0.0855. The molecule has 1 aliphatic heterocycles. The van der Waals surface area contributed by atoms with E-state index in [1.807, 2.05) is 35.0 Å². The van der Waals surface area contributed by atoms with E-state index in [1.165, 1.54) is 0 Å². The Bertz CT molecular complexity index is 1020. The molecule has 4 rings (SSSR count). The van der Waals surface area contributed by atoms with Gasteiger partial charge in [-0.3, -0.25) is 9.69 Å². The van der Waals surface area contributed by atoms with Gasteiger partial charge in [-0.2, -0.15) is 18.3 Å². The fourth-order valence-corrected chi connectivity index (χ4v) is 4.05. The zero-order chi connectivity index (χ0) is 22.6. The van der Waals surface area contributed by atoms with Gasteiger partial charge in [-0.25, -0.2) is 4.68 Å². The molecule has 1 fully saturated rings. The zero-order valence-corrected chi connectivity index (χ0v) is 17.6. The lowest BCUT2D eigenvalue weighted by Gasteiger charge is -2.32. The van der Waals surface area contributed by atoms with Gasteiger partial charge in [0.1, 0.15) is 5.82 Å². The molecule has 0 spiro atoms. The molecule has 3 aromatic rings. The number of halogens is 3. The number of amides is 1. The van der Waals surface area contributed by atoms with Crippen LogP contribution in [-0.2, 0) is 23.9 Å². The van der Waals surface area contributed by atoms with Crippen molar-refractivity contribution in [3.05, 3.63) is 83.6 Å². The quantitative estimate of drug-likeness (QED) is 0.590. The van der Waals surface area contributed by atoms with Crippen LogP contribution in [0.1, 0.15) is 35.6 Å². The number of aromatic nitrogens is 2. The first-order valence-corrected chi connectivity index (χ1v) is 10.6. The average molecular weight is 442 g/mol. The van der Waals surface area contributed by atoms with Crippen molar-refractivity contribution in [2.75, 3.05) is 18.4 Å². The van der Waals surface area contributed by atoms with Gasteiger partial charge in [0, 0.05) is 25.7 Å². The highest BCUT2D eigenvalue weighted by Crippen LogP contribution is 2.30. The number of nitrogens with zero attached hydrogens (tertiary/aromatic N) is 3. The lowest BCUT2D eigenvalue weighted by Crippen LogP contribution is -2.35. The maximum atomic E-state index is 12.7. The molecule has 0 saturated carbocycles. The van der Waals surface area contributed by atoms with E-state index in [2.05, 4.69) is 15.3 Å². The second kappa shape index (κ2) is 9.56. The van der Waals surface area contributed by atoms with Crippen LogP contribution in [0, 0.1) is 0 Å². The van der Waals surface area contributed by atoms with E-state index in [9.17, 15) is 18.0 Å². The fraction of sp³-hybridized carbons (Fsp3) is 0.333. The SMILES string of the molecule is O=C(Cc1ccccc1)Nc1ccnn1C1CCN(Cc2ccc(C(F)(F)F)cc2)CC1. The third-order valence-corrected chi connectivity index (χ3v) is 5.74. The van der Waals surface area contributed by atoms with Crippen LogP contribution in [0.25, 0.3) is 0 Å². The van der Waals surface area contributed by atoms with Crippen LogP contribution in [-0.4, -0.2) is 33.7 Å². The molecule has 0 aliphatic carbocycles. The number of rotatable bonds is 6. The molecule has 8 heteroatoms. The molecule has 1 N–H and O–H groups in total. The summed E-state index contributed by atoms with van der Waals surface area (Å²) in [5.41, 5.74) is 1.19. The Morgan fingerprint density at radius 2 is 1.66 bits per heavy atom. The summed E-state index contributed by atoms with van der Waals surface area (Å²) >= 11 is 0. The second-order valence-electron chi connectivity index (χ2n) is 8.07. The zero-order valence-electron chi connectivity index (χ0n) is 17.6. The predicted molar refractivity (Wildman–Crippen MR) is 116 cm³/mol. The van der Waals surface area contributed by atoms with Crippen LogP contribution >= 0.6 is 0 Å². The van der Waals surface area contributed by atoms with Crippen LogP contribution in [0.3, 0.4) is 0 Å². The van der Waals surface area contributed by atoms with Gasteiger partial charge in [-0.15, -0.1) is 0 Å². The van der Waals surface area contributed by atoms with E-state index < -0.39 is 11.7 Å². The van der Waals surface area contributed by atoms with Gasteiger partial charge in [0.25, 0.3) is 0 Å². The highest BCUT2D eigenvalue weighted by Gasteiger charge is 2.30. The van der Waals surface area contributed by atoms with Crippen molar-refractivity contribution in [2.45, 2.75) is 38.0 Å². The van der Waals surface area contributed by atoms with Crippen molar-refractivity contribution in [3.63, 3.8) is 0 Å². The molecule has 1 saturated heterocycles. The fourth-order valence-electron chi connectivity index (χ4n) is 4.05. The van der Waals surface area contributed by atoms with Crippen molar-refractivity contribution >= 4 is 11.7 Å². The predicted octanol–water partition coefficient (Wildman–Crippen LogP) is 4.92. The number of carbonyl (C=O) groups excluding carboxylic acids is 1. The lowest BCUT2D eigenvalue weighted by molar-refractivity contribution is -0.137. The van der Waals surface area contributed by atoms with Crippen molar-refractivity contribution in [1.82, 2.24) is 14.7 Å². The number of hydrogen-bond donors (Lipinski definition) is 1. The first-order chi connectivity index (χ1) is 15.4. The van der Waals surface area contributed by atoms with Crippen LogP contribution in [0.5, 0.6) is 0 Å². The van der Waals surface area contributed by atoms with Crippen LogP contribution in [0.2, 0.25) is 0 Å². The third kappa shape index (κ3) is 5.56. The van der Waals surface area contributed by atoms with E-state index in [1.54, 1.807) is 24.4 Å². The number of hydrogen-bond acceptors (Lipinski definition) is 3. The largest absolute Gasteiger partial charge is 0.416 e. The highest BCUT2D eigenvalue weighted by molar-refractivity contribution is 5.91. The monoisotopic (exact) mass is 442 g/mol. The van der Waals surface area contributed by atoms with Gasteiger partial charge < -0.3 is 5.32 Å². The van der Waals surface area contributed by atoms with Gasteiger partial charge in [0.2, 0.25) is 5.91 Å². The summed E-state index contributed by atoms with van der Waals surface area (Å²) in [5, 5.41) is 7.38. The molecule has 0 unspecified atom stereocenters. The maximum absolute atomic E-state index is 12.7. The van der Waals surface area contributed by atoms with E-state index >= 15 is 0 Å². The highest BCUT2D eigenvalue weighted by atomic mass is 19.4. The molecule has 0 bridgehead atoms. The molecule has 0 radical (unpaired) electrons. The Morgan fingerprint density at radius 1 is 0.969 bits per heavy atom. The number of carbonyl (C=O) groups is 1. The summed E-state index contributed by atoms with van der Waals surface area (Å²) < 4.78 is 40.1. The molecule has 2 aromatic carbocycles. The van der Waals surface area contributed by atoms with Gasteiger partial charge in [-0.05, 0) is 36.1 Å². The molecule has 2 heterocycles. The second-order valence-corrected chi connectivity index (χ2v) is 8.07. The Morgan fingerprint density at radius 3 is 2.31 bits per heavy atom. The molecule has 1 aliphatic rings. The van der Waals surface area contributed by atoms with E-state index in [-0.39, 0.29) is 11.9 Å². The van der Waals surface area contributed by atoms with Gasteiger partial charge >= 0.3 is 6.18 Å². The lowest BCUT2D eigenvalue weighted by atomic mass is 10.0. The van der Waals surface area contributed by atoms with Crippen LogP contribution < -0.4 is 5.32 Å². The summed E-state index contributed by atoms with van der Waals surface area (Å²) in [6.45, 7) is 2.23. The minimum Gasteiger partial charge on any atom is -0.311 e. The number of piperidine rings is 1. The summed E-state index contributed by atoms with van der Waals surface area (Å²) in [4.78, 5) is 14.7. The first-order valence-electron chi connectivity index (χ1n) is 10.6. The number of nitrogens with one attached hydrogen (secondary N) is 1. The number of benzene rings is 2. The third-order valence-electron chi connectivity index (χ3n) is 5.74. The molecule has 5 nitrogen and oxygen atoms in total. The van der Waals surface area contributed by atoms with Crippen LogP contribution in [0.15, 0.2) is 66.9 Å². The van der Waals surface area contributed by atoms with Gasteiger partial charge in [-0.1, -0.05) is 42.5 Å². The summed E-state index contributed by atoms with van der Waals surface area (Å²) in [7, 11) is 0.